The molecule has 0 saturated heterocycles. The zero-order chi connectivity index (χ0) is 15.7. The Bertz CT molecular complexity index is 337. The quantitative estimate of drug-likeness (QED) is 0.303. The lowest BCUT2D eigenvalue weighted by Gasteiger charge is -2.22. The Morgan fingerprint density at radius 3 is 2.48 bits per heavy atom. The largest absolute Gasteiger partial charge is 0.469 e. The first-order chi connectivity index (χ1) is 10.2. The molecule has 0 aromatic heterocycles. The number of unbranched alkanes of at least 4 members (excludes halogenated alkanes) is 1. The Morgan fingerprint density at radius 2 is 1.90 bits per heavy atom. The third-order valence-corrected chi connectivity index (χ3v) is 4.78. The Labute approximate surface area is 131 Å². The highest BCUT2D eigenvalue weighted by Crippen LogP contribution is 2.40. The van der Waals surface area contributed by atoms with E-state index in [1.807, 2.05) is 0 Å². The van der Waals surface area contributed by atoms with Gasteiger partial charge in [-0.3, -0.25) is 4.79 Å². The molecule has 0 heterocycles. The Morgan fingerprint density at radius 1 is 1.24 bits per heavy atom. The van der Waals surface area contributed by atoms with Crippen molar-refractivity contribution in [3.05, 3.63) is 12.2 Å². The average Bonchev–Trinajstić information content (AvgIpc) is 2.87. The zero-order valence-electron chi connectivity index (χ0n) is 12.4. The van der Waals surface area contributed by atoms with Crippen LogP contribution in [-0.2, 0) is 18.6 Å². The van der Waals surface area contributed by atoms with Crippen LogP contribution < -0.4 is 0 Å². The first kappa shape index (κ1) is 19.0. The Balaban J connectivity index is 2.38. The summed E-state index contributed by atoms with van der Waals surface area (Å²) in [5, 5.41) is 9.55. The van der Waals surface area contributed by atoms with Crippen LogP contribution in [0, 0.1) is 11.8 Å². The maximum atomic E-state index is 11.0. The van der Waals surface area contributed by atoms with Gasteiger partial charge in [0.15, 0.2) is 0 Å². The van der Waals surface area contributed by atoms with Crippen LogP contribution in [0.3, 0.4) is 0 Å². The van der Waals surface area contributed by atoms with Gasteiger partial charge in [0.05, 0.1) is 19.3 Å². The first-order valence-corrected chi connectivity index (χ1v) is 8.15. The van der Waals surface area contributed by atoms with Crippen molar-refractivity contribution < 1.29 is 23.7 Å². The molecule has 122 valence electrons. The van der Waals surface area contributed by atoms with Crippen molar-refractivity contribution in [3.63, 3.8) is 0 Å². The maximum Gasteiger partial charge on any atom is 0.305 e. The van der Waals surface area contributed by atoms with Gasteiger partial charge >= 0.3 is 5.97 Å². The van der Waals surface area contributed by atoms with Crippen LogP contribution in [0.2, 0.25) is 0 Å². The summed E-state index contributed by atoms with van der Waals surface area (Å²) in [6, 6.07) is 0. The highest BCUT2D eigenvalue weighted by atomic mass is 31.0. The fourth-order valence-corrected chi connectivity index (χ4v) is 3.49. The summed E-state index contributed by atoms with van der Waals surface area (Å²) in [7, 11) is 5.99. The van der Waals surface area contributed by atoms with Crippen LogP contribution in [-0.4, -0.2) is 37.0 Å². The molecule has 0 spiro atoms. The van der Waals surface area contributed by atoms with Gasteiger partial charge in [0.25, 0.3) is 0 Å². The summed E-state index contributed by atoms with van der Waals surface area (Å²) in [5.74, 6) is 0.166. The fourth-order valence-electron chi connectivity index (χ4n) is 2.86. The molecule has 7 heteroatoms. The second-order valence-corrected chi connectivity index (χ2v) is 5.81. The number of carbonyl (C=O) groups excluding carboxylic acids is 1. The summed E-state index contributed by atoms with van der Waals surface area (Å²) in [6.07, 6.45) is 7.99. The number of hydrogen-bond acceptors (Lipinski definition) is 5. The monoisotopic (exact) mass is 336 g/mol. The lowest BCUT2D eigenvalue weighted by Crippen LogP contribution is -2.25. The van der Waals surface area contributed by atoms with Crippen LogP contribution in [0.5, 0.6) is 0 Å². The van der Waals surface area contributed by atoms with Gasteiger partial charge in [-0.25, -0.2) is 0 Å². The van der Waals surface area contributed by atoms with E-state index < -0.39 is 0 Å². The second-order valence-electron chi connectivity index (χ2n) is 5.27. The molecule has 1 rings (SSSR count). The standard InChI is InChI=1S/C14H26O5P2/c1-17-14(16)7-5-3-2-4-6-10-11(9-15)13(19-21)8-12(10)18-20/h2,4,10-13,15H,3,5-9,20-21H2,1H3/b4-2-/t10-,11-,12+,13-/m1/s1. The van der Waals surface area contributed by atoms with E-state index >= 15 is 0 Å². The molecule has 0 radical (unpaired) electrons. The molecule has 0 aromatic carbocycles. The van der Waals surface area contributed by atoms with Gasteiger partial charge in [-0.05, 0) is 25.2 Å². The maximum absolute atomic E-state index is 11.0. The SMILES string of the molecule is COC(=O)CCC/C=C\C[C@@H]1[C@@H](CO)[C@H](OP)C[C@@H]1OP. The van der Waals surface area contributed by atoms with Crippen molar-refractivity contribution in [2.45, 2.75) is 44.3 Å². The normalized spacial score (nSPS) is 29.1. The molecule has 0 aromatic rings. The number of allylic oxidation sites excluding steroid dienone is 2. The van der Waals surface area contributed by atoms with Crippen LogP contribution in [0.1, 0.15) is 32.1 Å². The summed E-state index contributed by atoms with van der Waals surface area (Å²) in [4.78, 5) is 11.0. The van der Waals surface area contributed by atoms with E-state index in [0.717, 1.165) is 25.7 Å². The van der Waals surface area contributed by atoms with Crippen LogP contribution >= 0.6 is 18.9 Å². The topological polar surface area (TPSA) is 65.0 Å². The predicted molar refractivity (Wildman–Crippen MR) is 87.5 cm³/mol. The van der Waals surface area contributed by atoms with E-state index in [-0.39, 0.29) is 36.6 Å². The van der Waals surface area contributed by atoms with Crippen molar-refractivity contribution in [1.82, 2.24) is 0 Å². The number of esters is 1. The molecule has 1 aliphatic carbocycles. The summed E-state index contributed by atoms with van der Waals surface area (Å²) < 4.78 is 15.4. The van der Waals surface area contributed by atoms with Gasteiger partial charge in [0.1, 0.15) is 0 Å². The molecule has 2 unspecified atom stereocenters. The molecule has 1 N–H and O–H groups in total. The third kappa shape index (κ3) is 5.92. The predicted octanol–water partition coefficient (Wildman–Crippen LogP) is 2.26. The summed E-state index contributed by atoms with van der Waals surface area (Å²) in [6.45, 7) is 0.102. The van der Waals surface area contributed by atoms with Gasteiger partial charge < -0.3 is 18.9 Å². The van der Waals surface area contributed by atoms with Crippen LogP contribution in [0.25, 0.3) is 0 Å². The van der Waals surface area contributed by atoms with E-state index in [1.54, 1.807) is 0 Å². The number of hydrogen-bond donors (Lipinski definition) is 1. The van der Waals surface area contributed by atoms with Crippen LogP contribution in [0.15, 0.2) is 12.2 Å². The van der Waals surface area contributed by atoms with Crippen molar-refractivity contribution in [2.75, 3.05) is 13.7 Å². The van der Waals surface area contributed by atoms with E-state index in [0.29, 0.717) is 6.42 Å². The minimum Gasteiger partial charge on any atom is -0.469 e. The number of methoxy groups -OCH3 is 1. The molecule has 21 heavy (non-hydrogen) atoms. The Kier molecular flexibility index (Phi) is 9.62. The number of carbonyl (C=O) groups is 1. The molecule has 0 bridgehead atoms. The minimum atomic E-state index is -0.170. The molecule has 1 aliphatic rings. The van der Waals surface area contributed by atoms with Crippen LogP contribution in [0.4, 0.5) is 0 Å². The van der Waals surface area contributed by atoms with Crippen molar-refractivity contribution in [1.29, 1.82) is 0 Å². The molecule has 5 nitrogen and oxygen atoms in total. The zero-order valence-corrected chi connectivity index (χ0v) is 14.8. The first-order valence-electron chi connectivity index (χ1n) is 7.21. The minimum absolute atomic E-state index is 0.0169. The molecule has 0 amide bonds. The number of aliphatic hydroxyl groups is 1. The lowest BCUT2D eigenvalue weighted by molar-refractivity contribution is -0.140. The molecule has 1 saturated carbocycles. The van der Waals surface area contributed by atoms with E-state index in [1.165, 1.54) is 7.11 Å². The summed E-state index contributed by atoms with van der Waals surface area (Å²) >= 11 is 0. The molecule has 1 fully saturated rings. The van der Waals surface area contributed by atoms with Gasteiger partial charge in [0, 0.05) is 44.3 Å². The van der Waals surface area contributed by atoms with Gasteiger partial charge in [-0.15, -0.1) is 0 Å². The fraction of sp³-hybridized carbons (Fsp3) is 0.786. The molecular formula is C14H26O5P2. The van der Waals surface area contributed by atoms with E-state index in [4.69, 9.17) is 9.05 Å². The highest BCUT2D eigenvalue weighted by Gasteiger charge is 2.42. The Hall–Kier alpha value is -0.0500. The smallest absolute Gasteiger partial charge is 0.305 e. The lowest BCUT2D eigenvalue weighted by atomic mass is 9.91. The molecule has 0 aliphatic heterocycles. The van der Waals surface area contributed by atoms with Crippen molar-refractivity contribution in [3.8, 4) is 0 Å². The molecular weight excluding hydrogens is 310 g/mol. The number of ether oxygens (including phenoxy) is 1. The van der Waals surface area contributed by atoms with E-state index in [2.05, 4.69) is 35.8 Å². The highest BCUT2D eigenvalue weighted by molar-refractivity contribution is 7.10. The number of rotatable bonds is 9. The van der Waals surface area contributed by atoms with E-state index in [9.17, 15) is 9.90 Å². The van der Waals surface area contributed by atoms with Gasteiger partial charge in [-0.2, -0.15) is 0 Å². The molecule has 6 atom stereocenters. The van der Waals surface area contributed by atoms with Crippen molar-refractivity contribution >= 4 is 24.9 Å². The summed E-state index contributed by atoms with van der Waals surface area (Å²) in [5.41, 5.74) is 0. The number of aliphatic hydroxyl groups excluding tert-OH is 1. The second kappa shape index (κ2) is 10.6. The average molecular weight is 336 g/mol. The third-order valence-electron chi connectivity index (χ3n) is 4.08. The van der Waals surface area contributed by atoms with Gasteiger partial charge in [0.2, 0.25) is 0 Å². The van der Waals surface area contributed by atoms with Crippen molar-refractivity contribution in [2.24, 2.45) is 11.8 Å². The van der Waals surface area contributed by atoms with Gasteiger partial charge in [-0.1, -0.05) is 12.2 Å².